The van der Waals surface area contributed by atoms with Crippen LogP contribution < -0.4 is 10.3 Å². The topological polar surface area (TPSA) is 118 Å². The smallest absolute Gasteiger partial charge is 0.280 e. The molecule has 1 aromatic carbocycles. The number of aromatic nitrogens is 3. The van der Waals surface area contributed by atoms with Gasteiger partial charge in [0.1, 0.15) is 11.9 Å². The minimum Gasteiger partial charge on any atom is -0.287 e. The van der Waals surface area contributed by atoms with Crippen LogP contribution in [0.5, 0.6) is 0 Å². The summed E-state index contributed by atoms with van der Waals surface area (Å²) in [5.74, 6) is -1.10. The van der Waals surface area contributed by atoms with E-state index in [4.69, 9.17) is 5.26 Å². The van der Waals surface area contributed by atoms with Gasteiger partial charge in [0.25, 0.3) is 5.56 Å². The summed E-state index contributed by atoms with van der Waals surface area (Å²) in [6, 6.07) is 3.64. The number of anilines is 1. The number of nitrogens with zero attached hydrogens (tertiary/aromatic N) is 4. The molecule has 0 amide bonds. The predicted octanol–water partition coefficient (Wildman–Crippen LogP) is 1.34. The molecular formula is C14H14FN5O3S2. The first kappa shape index (κ1) is 18.9. The van der Waals surface area contributed by atoms with E-state index in [2.05, 4.69) is 14.9 Å². The van der Waals surface area contributed by atoms with E-state index >= 15 is 0 Å². The minimum atomic E-state index is -3.69. The quantitative estimate of drug-likeness (QED) is 0.774. The van der Waals surface area contributed by atoms with Crippen molar-refractivity contribution in [2.45, 2.75) is 12.1 Å². The van der Waals surface area contributed by atoms with E-state index in [1.807, 2.05) is 0 Å². The maximum atomic E-state index is 14.4. The lowest BCUT2D eigenvalue weighted by molar-refractivity contribution is 0.602. The lowest BCUT2D eigenvalue weighted by Gasteiger charge is -2.11. The summed E-state index contributed by atoms with van der Waals surface area (Å²) in [4.78, 5) is 12.4. The fourth-order valence-electron chi connectivity index (χ4n) is 1.97. The van der Waals surface area contributed by atoms with Crippen LogP contribution in [0.1, 0.15) is 12.5 Å². The van der Waals surface area contributed by atoms with E-state index in [1.165, 1.54) is 30.3 Å². The van der Waals surface area contributed by atoms with Crippen molar-refractivity contribution < 1.29 is 12.8 Å². The van der Waals surface area contributed by atoms with Crippen LogP contribution in [-0.2, 0) is 17.1 Å². The van der Waals surface area contributed by atoms with Crippen LogP contribution in [0.25, 0.3) is 11.3 Å². The minimum absolute atomic E-state index is 0.126. The first-order chi connectivity index (χ1) is 11.7. The molecule has 0 radical (unpaired) electrons. The number of hydrogen-bond donors (Lipinski definition) is 1. The van der Waals surface area contributed by atoms with Crippen LogP contribution in [0.2, 0.25) is 0 Å². The van der Waals surface area contributed by atoms with Crippen molar-refractivity contribution >= 4 is 27.5 Å². The number of hydrogen-bond acceptors (Lipinski definition) is 7. The van der Waals surface area contributed by atoms with Crippen LogP contribution in [0.4, 0.5) is 10.1 Å². The number of benzene rings is 1. The van der Waals surface area contributed by atoms with Gasteiger partial charge in [0.2, 0.25) is 10.0 Å². The largest absolute Gasteiger partial charge is 0.287 e. The second-order valence-corrected chi connectivity index (χ2v) is 7.68. The van der Waals surface area contributed by atoms with Gasteiger partial charge in [0.15, 0.2) is 10.9 Å². The molecule has 0 saturated heterocycles. The SMILES string of the molecule is CCS(=O)(=O)Nc1cc(-c2nnc(SC)n(C)c2=O)c(F)cc1C#N. The summed E-state index contributed by atoms with van der Waals surface area (Å²) in [7, 11) is -2.23. The summed E-state index contributed by atoms with van der Waals surface area (Å²) in [6.07, 6.45) is 1.71. The molecule has 1 N–H and O–H groups in total. The molecule has 11 heteroatoms. The van der Waals surface area contributed by atoms with Gasteiger partial charge in [0, 0.05) is 12.6 Å². The van der Waals surface area contributed by atoms with Crippen molar-refractivity contribution in [3.05, 3.63) is 33.9 Å². The third kappa shape index (κ3) is 3.80. The fourth-order valence-corrected chi connectivity index (χ4v) is 3.09. The molecule has 1 aromatic heterocycles. The number of sulfonamides is 1. The van der Waals surface area contributed by atoms with Gasteiger partial charge < -0.3 is 0 Å². The van der Waals surface area contributed by atoms with Crippen molar-refractivity contribution in [1.82, 2.24) is 14.8 Å². The summed E-state index contributed by atoms with van der Waals surface area (Å²) < 4.78 is 41.3. The summed E-state index contributed by atoms with van der Waals surface area (Å²) in [5, 5.41) is 17.0. The van der Waals surface area contributed by atoms with Gasteiger partial charge in [-0.2, -0.15) is 5.26 Å². The highest BCUT2D eigenvalue weighted by Gasteiger charge is 2.19. The summed E-state index contributed by atoms with van der Waals surface area (Å²) in [6.45, 7) is 1.42. The first-order valence-electron chi connectivity index (χ1n) is 6.96. The molecule has 1 heterocycles. The highest BCUT2D eigenvalue weighted by molar-refractivity contribution is 7.98. The molecule has 0 aliphatic carbocycles. The van der Waals surface area contributed by atoms with Crippen LogP contribution in [0.3, 0.4) is 0 Å². The maximum Gasteiger partial charge on any atom is 0.280 e. The monoisotopic (exact) mass is 383 g/mol. The van der Waals surface area contributed by atoms with Crippen molar-refractivity contribution in [3.63, 3.8) is 0 Å². The molecule has 0 aliphatic rings. The lowest BCUT2D eigenvalue weighted by atomic mass is 10.1. The van der Waals surface area contributed by atoms with Gasteiger partial charge in [-0.3, -0.25) is 14.1 Å². The van der Waals surface area contributed by atoms with Crippen LogP contribution in [-0.4, -0.2) is 35.2 Å². The molecule has 132 valence electrons. The Labute approximate surface area is 147 Å². The van der Waals surface area contributed by atoms with E-state index in [1.54, 1.807) is 12.3 Å². The molecule has 0 atom stereocenters. The lowest BCUT2D eigenvalue weighted by Crippen LogP contribution is -2.24. The molecule has 0 saturated carbocycles. The molecule has 25 heavy (non-hydrogen) atoms. The Morgan fingerprint density at radius 2 is 2.08 bits per heavy atom. The molecule has 8 nitrogen and oxygen atoms in total. The van der Waals surface area contributed by atoms with Gasteiger partial charge in [0.05, 0.1) is 17.0 Å². The Bertz CT molecular complexity index is 1030. The fraction of sp³-hybridized carbons (Fsp3) is 0.286. The zero-order chi connectivity index (χ0) is 18.8. The van der Waals surface area contributed by atoms with Crippen molar-refractivity contribution in [2.75, 3.05) is 16.7 Å². The first-order valence-corrected chi connectivity index (χ1v) is 9.84. The van der Waals surface area contributed by atoms with Gasteiger partial charge >= 0.3 is 0 Å². The van der Waals surface area contributed by atoms with Crippen LogP contribution in [0, 0.1) is 17.1 Å². The van der Waals surface area contributed by atoms with Gasteiger partial charge in [-0.15, -0.1) is 10.2 Å². The highest BCUT2D eigenvalue weighted by Crippen LogP contribution is 2.27. The van der Waals surface area contributed by atoms with Crippen molar-refractivity contribution in [1.29, 1.82) is 5.26 Å². The molecule has 0 bridgehead atoms. The van der Waals surface area contributed by atoms with Gasteiger partial charge in [-0.05, 0) is 25.3 Å². The van der Waals surface area contributed by atoms with Crippen LogP contribution in [0.15, 0.2) is 22.1 Å². The standard InChI is InChI=1S/C14H14FN5O3S2/c1-4-25(22,23)19-11-6-9(10(15)5-8(11)7-16)12-13(21)20(2)14(24-3)18-17-12/h5-6,19H,4H2,1-3H3. The normalized spacial score (nSPS) is 11.2. The third-order valence-corrected chi connectivity index (χ3v) is 5.35. The average molecular weight is 383 g/mol. The Balaban J connectivity index is 2.70. The maximum absolute atomic E-state index is 14.4. The molecule has 2 aromatic rings. The van der Waals surface area contributed by atoms with E-state index in [9.17, 15) is 17.6 Å². The molecule has 0 fully saturated rings. The molecular weight excluding hydrogens is 369 g/mol. The van der Waals surface area contributed by atoms with E-state index in [0.717, 1.165) is 12.1 Å². The molecule has 0 unspecified atom stereocenters. The van der Waals surface area contributed by atoms with Crippen molar-refractivity contribution in [2.24, 2.45) is 7.05 Å². The molecule has 0 aliphatic heterocycles. The number of halogens is 1. The third-order valence-electron chi connectivity index (χ3n) is 3.34. The number of thioether (sulfide) groups is 1. The zero-order valence-electron chi connectivity index (χ0n) is 13.6. The molecule has 2 rings (SSSR count). The Kier molecular flexibility index (Phi) is 5.44. The van der Waals surface area contributed by atoms with Crippen molar-refractivity contribution in [3.8, 4) is 17.3 Å². The van der Waals surface area contributed by atoms with E-state index < -0.39 is 21.4 Å². The Morgan fingerprint density at radius 1 is 1.40 bits per heavy atom. The van der Waals surface area contributed by atoms with Crippen LogP contribution >= 0.6 is 11.8 Å². The summed E-state index contributed by atoms with van der Waals surface area (Å²) >= 11 is 1.20. The van der Waals surface area contributed by atoms with Gasteiger partial charge in [-0.25, -0.2) is 12.8 Å². The average Bonchev–Trinajstić information content (AvgIpc) is 2.58. The summed E-state index contributed by atoms with van der Waals surface area (Å²) in [5.41, 5.74) is -1.44. The number of nitriles is 1. The number of nitrogens with one attached hydrogen (secondary N) is 1. The highest BCUT2D eigenvalue weighted by atomic mass is 32.2. The Hall–Kier alpha value is -2.45. The van der Waals surface area contributed by atoms with E-state index in [-0.39, 0.29) is 28.3 Å². The van der Waals surface area contributed by atoms with Gasteiger partial charge in [-0.1, -0.05) is 11.8 Å². The number of rotatable bonds is 5. The molecule has 0 spiro atoms. The zero-order valence-corrected chi connectivity index (χ0v) is 15.2. The second kappa shape index (κ2) is 7.20. The second-order valence-electron chi connectivity index (χ2n) is 4.89. The Morgan fingerprint density at radius 3 is 2.64 bits per heavy atom. The van der Waals surface area contributed by atoms with E-state index in [0.29, 0.717) is 5.16 Å². The predicted molar refractivity (Wildman–Crippen MR) is 92.2 cm³/mol.